The quantitative estimate of drug-likeness (QED) is 0.279. The average molecular weight is 256 g/mol. The van der Waals surface area contributed by atoms with Crippen LogP contribution < -0.4 is 11.1 Å². The number of hydrogen-bond donors (Lipinski definition) is 3. The molecule has 0 aliphatic heterocycles. The van der Waals surface area contributed by atoms with E-state index in [1.165, 1.54) is 0 Å². The van der Waals surface area contributed by atoms with Crippen molar-refractivity contribution in [3.05, 3.63) is 0 Å². The normalized spacial score (nSPS) is 11.5. The zero-order valence-corrected chi connectivity index (χ0v) is 9.71. The summed E-state index contributed by atoms with van der Waals surface area (Å²) in [7, 11) is 0. The number of guanidine groups is 1. The van der Waals surface area contributed by atoms with Crippen molar-refractivity contribution in [2.24, 2.45) is 5.73 Å². The maximum atomic E-state index is 6.90. The molecule has 0 aromatic carbocycles. The summed E-state index contributed by atoms with van der Waals surface area (Å²) in [5, 5.41) is 9.50. The van der Waals surface area contributed by atoms with Gasteiger partial charge in [-0.25, -0.2) is 0 Å². The Kier molecular flexibility index (Phi) is 11.4. The Labute approximate surface area is 89.2 Å². The molecule has 0 fully saturated rings. The zero-order valence-electron chi connectivity index (χ0n) is 8.00. The average Bonchev–Trinajstić information content (AvgIpc) is 1.97. The van der Waals surface area contributed by atoms with Crippen LogP contribution in [0.25, 0.3) is 0 Å². The number of rotatable bonds is 6. The van der Waals surface area contributed by atoms with Gasteiger partial charge in [0, 0.05) is 6.61 Å². The molecule has 1 atom stereocenters. The molecule has 0 aliphatic carbocycles. The smallest absolute Gasteiger partial charge is 0.187 e. The van der Waals surface area contributed by atoms with E-state index in [2.05, 4.69) is 5.32 Å². The molecule has 0 heterocycles. The van der Waals surface area contributed by atoms with E-state index in [1.807, 2.05) is 6.92 Å². The van der Waals surface area contributed by atoms with Crippen molar-refractivity contribution in [3.63, 3.8) is 0 Å². The molecule has 1 unspecified atom stereocenters. The first-order valence-corrected chi connectivity index (χ1v) is 3.96. The van der Waals surface area contributed by atoms with Gasteiger partial charge in [0.2, 0.25) is 0 Å². The van der Waals surface area contributed by atoms with Gasteiger partial charge in [-0.1, -0.05) is 0 Å². The highest BCUT2D eigenvalue weighted by Gasteiger charge is 1.99. The van der Waals surface area contributed by atoms with Crippen molar-refractivity contribution in [1.82, 2.24) is 5.32 Å². The summed E-state index contributed by atoms with van der Waals surface area (Å²) in [5.74, 6) is -0.0843. The molecule has 0 aromatic rings. The SMILES string of the molecule is Br.CCOCCOC(C)NC(=N)N. The summed E-state index contributed by atoms with van der Waals surface area (Å²) in [6.45, 7) is 5.48. The van der Waals surface area contributed by atoms with E-state index in [-0.39, 0.29) is 29.2 Å². The van der Waals surface area contributed by atoms with Crippen molar-refractivity contribution < 1.29 is 9.47 Å². The largest absolute Gasteiger partial charge is 0.379 e. The first-order chi connectivity index (χ1) is 5.66. The highest BCUT2D eigenvalue weighted by atomic mass is 79.9. The van der Waals surface area contributed by atoms with Crippen molar-refractivity contribution in [2.45, 2.75) is 20.1 Å². The molecule has 0 aliphatic rings. The van der Waals surface area contributed by atoms with Gasteiger partial charge in [0.25, 0.3) is 0 Å². The second kappa shape index (κ2) is 9.76. The van der Waals surface area contributed by atoms with Gasteiger partial charge in [0.15, 0.2) is 5.96 Å². The van der Waals surface area contributed by atoms with Crippen LogP contribution in [0, 0.1) is 5.41 Å². The Balaban J connectivity index is 0. The van der Waals surface area contributed by atoms with Crippen molar-refractivity contribution >= 4 is 22.9 Å². The lowest BCUT2D eigenvalue weighted by Gasteiger charge is -2.14. The van der Waals surface area contributed by atoms with E-state index >= 15 is 0 Å². The van der Waals surface area contributed by atoms with Gasteiger partial charge in [-0.2, -0.15) is 0 Å². The minimum Gasteiger partial charge on any atom is -0.379 e. The Bertz CT molecular complexity index is 135. The van der Waals surface area contributed by atoms with Crippen LogP contribution in [0.4, 0.5) is 0 Å². The number of hydrogen-bond acceptors (Lipinski definition) is 3. The maximum absolute atomic E-state index is 6.90. The number of halogens is 1. The van der Waals surface area contributed by atoms with E-state index in [0.29, 0.717) is 19.8 Å². The molecule has 0 aromatic heterocycles. The second-order valence-electron chi connectivity index (χ2n) is 2.27. The predicted octanol–water partition coefficient (Wildman–Crippen LogP) is 0.446. The molecule has 0 saturated heterocycles. The summed E-state index contributed by atoms with van der Waals surface area (Å²) >= 11 is 0. The highest BCUT2D eigenvalue weighted by molar-refractivity contribution is 8.93. The molecule has 80 valence electrons. The van der Waals surface area contributed by atoms with E-state index in [9.17, 15) is 0 Å². The Morgan fingerprint density at radius 1 is 1.54 bits per heavy atom. The molecular formula is C7H18BrN3O2. The Morgan fingerprint density at radius 2 is 2.15 bits per heavy atom. The monoisotopic (exact) mass is 255 g/mol. The van der Waals surface area contributed by atoms with Crippen LogP contribution in [0.1, 0.15) is 13.8 Å². The molecule has 0 bridgehead atoms. The first kappa shape index (κ1) is 15.2. The van der Waals surface area contributed by atoms with E-state index in [0.717, 1.165) is 0 Å². The lowest BCUT2D eigenvalue weighted by Crippen LogP contribution is -2.39. The Hall–Kier alpha value is -0.330. The lowest BCUT2D eigenvalue weighted by atomic mass is 10.6. The Morgan fingerprint density at radius 3 is 2.62 bits per heavy atom. The minimum atomic E-state index is -0.233. The van der Waals surface area contributed by atoms with Crippen LogP contribution in [-0.4, -0.2) is 32.0 Å². The van der Waals surface area contributed by atoms with Gasteiger partial charge in [-0.3, -0.25) is 5.41 Å². The number of ether oxygens (including phenoxy) is 2. The molecule has 0 radical (unpaired) electrons. The highest BCUT2D eigenvalue weighted by Crippen LogP contribution is 1.84. The number of nitrogens with two attached hydrogens (primary N) is 1. The fourth-order valence-electron chi connectivity index (χ4n) is 0.689. The van der Waals surface area contributed by atoms with Crippen molar-refractivity contribution in [2.75, 3.05) is 19.8 Å². The molecule has 6 heteroatoms. The third-order valence-electron chi connectivity index (χ3n) is 1.16. The van der Waals surface area contributed by atoms with Crippen LogP contribution in [-0.2, 0) is 9.47 Å². The number of nitrogens with one attached hydrogen (secondary N) is 2. The molecule has 4 N–H and O–H groups in total. The van der Waals surface area contributed by atoms with Gasteiger partial charge in [0.1, 0.15) is 6.23 Å². The molecule has 5 nitrogen and oxygen atoms in total. The van der Waals surface area contributed by atoms with Gasteiger partial charge in [-0.05, 0) is 13.8 Å². The predicted molar refractivity (Wildman–Crippen MR) is 57.3 cm³/mol. The molecule has 0 rings (SSSR count). The van der Waals surface area contributed by atoms with E-state index in [1.54, 1.807) is 6.92 Å². The standard InChI is InChI=1S/C7H17N3O2.BrH/c1-3-11-4-5-12-6(2)10-7(8)9;/h6H,3-5H2,1-2H3,(H4,8,9,10);1H. The summed E-state index contributed by atoms with van der Waals surface area (Å²) in [5.41, 5.74) is 5.08. The van der Waals surface area contributed by atoms with Gasteiger partial charge >= 0.3 is 0 Å². The summed E-state index contributed by atoms with van der Waals surface area (Å²) in [6.07, 6.45) is -0.233. The van der Waals surface area contributed by atoms with Crippen LogP contribution in [0.2, 0.25) is 0 Å². The summed E-state index contributed by atoms with van der Waals surface area (Å²) in [4.78, 5) is 0. The van der Waals surface area contributed by atoms with E-state index in [4.69, 9.17) is 20.6 Å². The molecule has 13 heavy (non-hydrogen) atoms. The third kappa shape index (κ3) is 11.7. The van der Waals surface area contributed by atoms with Gasteiger partial charge in [-0.15, -0.1) is 17.0 Å². The molecular weight excluding hydrogens is 238 g/mol. The lowest BCUT2D eigenvalue weighted by molar-refractivity contribution is 0.00923. The van der Waals surface area contributed by atoms with Crippen molar-refractivity contribution in [3.8, 4) is 0 Å². The molecule has 0 amide bonds. The second-order valence-corrected chi connectivity index (χ2v) is 2.27. The fourth-order valence-corrected chi connectivity index (χ4v) is 0.689. The van der Waals surface area contributed by atoms with Crippen molar-refractivity contribution in [1.29, 1.82) is 5.41 Å². The van der Waals surface area contributed by atoms with Crippen LogP contribution in [0.15, 0.2) is 0 Å². The van der Waals surface area contributed by atoms with Crippen LogP contribution in [0.3, 0.4) is 0 Å². The van der Waals surface area contributed by atoms with Crippen LogP contribution in [0.5, 0.6) is 0 Å². The molecule has 0 spiro atoms. The first-order valence-electron chi connectivity index (χ1n) is 3.96. The maximum Gasteiger partial charge on any atom is 0.187 e. The van der Waals surface area contributed by atoms with Gasteiger partial charge < -0.3 is 20.5 Å². The summed E-state index contributed by atoms with van der Waals surface area (Å²) in [6, 6.07) is 0. The topological polar surface area (TPSA) is 80.4 Å². The summed E-state index contributed by atoms with van der Waals surface area (Å²) < 4.78 is 10.2. The van der Waals surface area contributed by atoms with Crippen LogP contribution >= 0.6 is 17.0 Å². The fraction of sp³-hybridized carbons (Fsp3) is 0.857. The van der Waals surface area contributed by atoms with Gasteiger partial charge in [0.05, 0.1) is 13.2 Å². The third-order valence-corrected chi connectivity index (χ3v) is 1.16. The zero-order chi connectivity index (χ0) is 9.40. The minimum absolute atomic E-state index is 0. The molecule has 0 saturated carbocycles. The van der Waals surface area contributed by atoms with E-state index < -0.39 is 0 Å².